The van der Waals surface area contributed by atoms with Crippen LogP contribution in [0.15, 0.2) is 48.5 Å². The van der Waals surface area contributed by atoms with Crippen LogP contribution < -0.4 is 21.4 Å². The molecule has 148 valence electrons. The fraction of sp³-hybridized carbons (Fsp3) is 0.231. The quantitative estimate of drug-likeness (QED) is 0.404. The molecule has 4 nitrogen and oxygen atoms in total. The van der Waals surface area contributed by atoms with Gasteiger partial charge in [0.25, 0.3) is 0 Å². The van der Waals surface area contributed by atoms with Crippen LogP contribution in [0.4, 0.5) is 0 Å². The Morgan fingerprint density at radius 1 is 0.500 bits per heavy atom. The zero-order chi connectivity index (χ0) is 19.7. The van der Waals surface area contributed by atoms with Crippen molar-refractivity contribution in [2.24, 2.45) is 11.8 Å². The van der Waals surface area contributed by atoms with Crippen molar-refractivity contribution < 1.29 is 0 Å². The van der Waals surface area contributed by atoms with Gasteiger partial charge in [0.05, 0.1) is 0 Å². The molecule has 0 amide bonds. The molecule has 3 aliphatic rings. The second-order valence-electron chi connectivity index (χ2n) is 8.97. The summed E-state index contributed by atoms with van der Waals surface area (Å²) in [6.07, 6.45) is 9.50. The summed E-state index contributed by atoms with van der Waals surface area (Å²) in [6.45, 7) is 0. The Bertz CT molecular complexity index is 1390. The molecule has 4 N–H and O–H groups in total. The SMILES string of the molecule is C1=c2ccc([nH]2)=C(C2CC2)c2ccc([nH]2)C=c2ccc([nH]2)=C(C2CC2)c2ccc1[nH]2. The third kappa shape index (κ3) is 2.75. The molecule has 4 heteroatoms. The maximum Gasteiger partial charge on any atom is 0.0441 e. The van der Waals surface area contributed by atoms with Gasteiger partial charge in [-0.25, -0.2) is 0 Å². The highest BCUT2D eigenvalue weighted by molar-refractivity contribution is 5.69. The Hall–Kier alpha value is -3.40. The van der Waals surface area contributed by atoms with E-state index in [9.17, 15) is 0 Å². The topological polar surface area (TPSA) is 63.2 Å². The zero-order valence-electron chi connectivity index (χ0n) is 16.8. The largest absolute Gasteiger partial charge is 0.355 e. The van der Waals surface area contributed by atoms with Crippen molar-refractivity contribution in [1.82, 2.24) is 19.9 Å². The van der Waals surface area contributed by atoms with Crippen molar-refractivity contribution in [3.63, 3.8) is 0 Å². The molecule has 0 unspecified atom stereocenters. The molecule has 0 atom stereocenters. The molecular formula is C26H24N4. The van der Waals surface area contributed by atoms with E-state index in [-0.39, 0.29) is 0 Å². The lowest BCUT2D eigenvalue weighted by atomic mass is 10.1. The Kier molecular flexibility index (Phi) is 3.31. The molecule has 0 saturated heterocycles. The number of aromatic nitrogens is 4. The van der Waals surface area contributed by atoms with E-state index in [1.165, 1.54) is 58.9 Å². The highest BCUT2D eigenvalue weighted by Crippen LogP contribution is 2.40. The Balaban J connectivity index is 1.53. The number of aromatic amines is 4. The van der Waals surface area contributed by atoms with Crippen molar-refractivity contribution in [3.05, 3.63) is 92.7 Å². The summed E-state index contributed by atoms with van der Waals surface area (Å²) in [6, 6.07) is 17.7. The molecule has 0 spiro atoms. The summed E-state index contributed by atoms with van der Waals surface area (Å²) in [5.74, 6) is 1.29. The minimum absolute atomic E-state index is 0.645. The number of H-pyrrole nitrogens is 4. The minimum atomic E-state index is 0.645. The van der Waals surface area contributed by atoms with E-state index in [1.54, 1.807) is 0 Å². The van der Waals surface area contributed by atoms with Gasteiger partial charge in [-0.2, -0.15) is 0 Å². The number of nitrogens with one attached hydrogen (secondary N) is 4. The van der Waals surface area contributed by atoms with Crippen molar-refractivity contribution >= 4 is 23.3 Å². The molecule has 8 bridgehead atoms. The Morgan fingerprint density at radius 3 is 1.40 bits per heavy atom. The molecular weight excluding hydrogens is 368 g/mol. The average Bonchev–Trinajstić information content (AvgIpc) is 3.51. The number of fused-ring (bicyclic) bond motifs is 8. The van der Waals surface area contributed by atoms with E-state index in [4.69, 9.17) is 0 Å². The molecule has 1 aliphatic heterocycles. The first-order valence-electron chi connectivity index (χ1n) is 11.0. The van der Waals surface area contributed by atoms with Crippen LogP contribution in [0.1, 0.15) is 48.5 Å². The first-order chi connectivity index (χ1) is 14.8. The molecule has 4 aromatic rings. The van der Waals surface area contributed by atoms with Crippen molar-refractivity contribution in [1.29, 1.82) is 0 Å². The number of hydrogen-bond donors (Lipinski definition) is 4. The van der Waals surface area contributed by atoms with Crippen LogP contribution in [0.2, 0.25) is 0 Å². The predicted molar refractivity (Wildman–Crippen MR) is 119 cm³/mol. The van der Waals surface area contributed by atoms with Gasteiger partial charge in [-0.15, -0.1) is 0 Å². The van der Waals surface area contributed by atoms with Crippen LogP contribution >= 0.6 is 0 Å². The molecule has 2 fully saturated rings. The molecule has 5 heterocycles. The maximum atomic E-state index is 3.66. The van der Waals surface area contributed by atoms with Crippen LogP contribution in [0.3, 0.4) is 0 Å². The van der Waals surface area contributed by atoms with Gasteiger partial charge in [0.15, 0.2) is 0 Å². The van der Waals surface area contributed by atoms with E-state index in [0.29, 0.717) is 11.8 Å². The highest BCUT2D eigenvalue weighted by atomic mass is 14.8. The Labute approximate surface area is 173 Å². The Morgan fingerprint density at radius 2 is 0.967 bits per heavy atom. The van der Waals surface area contributed by atoms with Gasteiger partial charge < -0.3 is 19.9 Å². The van der Waals surface area contributed by atoms with E-state index in [2.05, 4.69) is 80.6 Å². The molecule has 4 aromatic heterocycles. The monoisotopic (exact) mass is 392 g/mol. The van der Waals surface area contributed by atoms with Crippen LogP contribution in [-0.2, 0) is 0 Å². The molecule has 0 aromatic carbocycles. The fourth-order valence-electron chi connectivity index (χ4n) is 4.86. The zero-order valence-corrected chi connectivity index (χ0v) is 16.8. The van der Waals surface area contributed by atoms with E-state index < -0.39 is 0 Å². The van der Waals surface area contributed by atoms with Gasteiger partial charge in [-0.05, 0) is 98.2 Å². The summed E-state index contributed by atoms with van der Waals surface area (Å²) < 4.78 is 0. The van der Waals surface area contributed by atoms with Gasteiger partial charge in [-0.3, -0.25) is 0 Å². The van der Waals surface area contributed by atoms with Gasteiger partial charge >= 0.3 is 0 Å². The number of rotatable bonds is 2. The van der Waals surface area contributed by atoms with Gasteiger partial charge in [0.2, 0.25) is 0 Å². The van der Waals surface area contributed by atoms with Crippen LogP contribution in [-0.4, -0.2) is 19.9 Å². The molecule has 2 aliphatic carbocycles. The van der Waals surface area contributed by atoms with Gasteiger partial charge in [0, 0.05) is 55.3 Å². The third-order valence-corrected chi connectivity index (χ3v) is 6.59. The lowest BCUT2D eigenvalue weighted by Crippen LogP contribution is -2.16. The summed E-state index contributed by atoms with van der Waals surface area (Å²) in [4.78, 5) is 14.6. The minimum Gasteiger partial charge on any atom is -0.355 e. The standard InChI is InChI=1S/C26H24N4/c1-2-15(1)25-21-9-5-17(27-21)13-19-7-11-23(29-19)26(16-3-4-16)24-12-8-20(30-24)14-18-6-10-22(25)28-18/h5-16,27-30H,1-4H2. The molecule has 0 radical (unpaired) electrons. The first kappa shape index (κ1) is 16.4. The summed E-state index contributed by atoms with van der Waals surface area (Å²) in [7, 11) is 0. The van der Waals surface area contributed by atoms with Gasteiger partial charge in [-0.1, -0.05) is 0 Å². The lowest BCUT2D eigenvalue weighted by Gasteiger charge is -2.03. The van der Waals surface area contributed by atoms with Crippen molar-refractivity contribution in [2.75, 3.05) is 0 Å². The average molecular weight is 393 g/mol. The number of hydrogen-bond acceptors (Lipinski definition) is 0. The van der Waals surface area contributed by atoms with Crippen LogP contribution in [0.25, 0.3) is 23.3 Å². The van der Waals surface area contributed by atoms with Crippen LogP contribution in [0, 0.1) is 11.8 Å². The maximum absolute atomic E-state index is 3.66. The van der Waals surface area contributed by atoms with E-state index >= 15 is 0 Å². The summed E-state index contributed by atoms with van der Waals surface area (Å²) in [5, 5.41) is 4.72. The smallest absolute Gasteiger partial charge is 0.0441 e. The van der Waals surface area contributed by atoms with Crippen molar-refractivity contribution in [3.8, 4) is 0 Å². The summed E-state index contributed by atoms with van der Waals surface area (Å²) in [5.41, 5.74) is 7.54. The highest BCUT2D eigenvalue weighted by Gasteiger charge is 2.29. The molecule has 30 heavy (non-hydrogen) atoms. The van der Waals surface area contributed by atoms with Gasteiger partial charge in [0.1, 0.15) is 0 Å². The predicted octanol–water partition coefficient (Wildman–Crippen LogP) is 2.19. The van der Waals surface area contributed by atoms with E-state index in [1.807, 2.05) is 0 Å². The van der Waals surface area contributed by atoms with Crippen molar-refractivity contribution in [2.45, 2.75) is 25.7 Å². The van der Waals surface area contributed by atoms with Crippen LogP contribution in [0.5, 0.6) is 0 Å². The molecule has 2 saturated carbocycles. The second-order valence-corrected chi connectivity index (χ2v) is 8.97. The normalized spacial score (nSPS) is 18.3. The van der Waals surface area contributed by atoms with E-state index in [0.717, 1.165) is 22.1 Å². The summed E-state index contributed by atoms with van der Waals surface area (Å²) >= 11 is 0. The molecule has 7 rings (SSSR count). The second kappa shape index (κ2) is 6.05. The first-order valence-corrected chi connectivity index (χ1v) is 11.0. The third-order valence-electron chi connectivity index (χ3n) is 6.59. The fourth-order valence-corrected chi connectivity index (χ4v) is 4.86. The lowest BCUT2D eigenvalue weighted by molar-refractivity contribution is 1.07.